The lowest BCUT2D eigenvalue weighted by Gasteiger charge is -2.28. The van der Waals surface area contributed by atoms with Crippen molar-refractivity contribution in [2.75, 3.05) is 12.3 Å². The van der Waals surface area contributed by atoms with Crippen molar-refractivity contribution in [1.82, 2.24) is 0 Å². The maximum absolute atomic E-state index is 12.8. The molecule has 2 atom stereocenters. The zero-order valence-electron chi connectivity index (χ0n) is 14.2. The van der Waals surface area contributed by atoms with Crippen molar-refractivity contribution in [2.45, 2.75) is 68.2 Å². The fraction of sp³-hybridized carbons (Fsp3) is 1.00. The molecule has 0 saturated carbocycles. The molecule has 0 N–H and O–H groups in total. The molecule has 0 amide bonds. The first-order valence-corrected chi connectivity index (χ1v) is 12.3. The third-order valence-corrected chi connectivity index (χ3v) is 7.79. The Morgan fingerprint density at radius 1 is 0.842 bits per heavy atom. The molecular formula is C16H34IOP. The largest absolute Gasteiger partial charge is 0.313 e. The lowest BCUT2D eigenvalue weighted by molar-refractivity contribution is 0.317. The topological polar surface area (TPSA) is 17.1 Å². The maximum atomic E-state index is 12.8. The van der Waals surface area contributed by atoms with Gasteiger partial charge in [-0.1, -0.05) is 55.4 Å². The van der Waals surface area contributed by atoms with Gasteiger partial charge >= 0.3 is 0 Å². The Kier molecular flexibility index (Phi) is 7.66. The van der Waals surface area contributed by atoms with Gasteiger partial charge in [0.05, 0.1) is 0 Å². The van der Waals surface area contributed by atoms with Crippen LogP contribution in [0, 0.1) is 22.7 Å². The molecule has 0 aromatic rings. The average molecular weight is 400 g/mol. The standard InChI is InChI=1S/C16H34IOP/c1-13(9-15(3,4)5)11-19(17,18)12-14(2)10-16(6,7)8/h13-14H,9-12H2,1-8H3. The molecule has 0 aliphatic rings. The van der Waals surface area contributed by atoms with Crippen LogP contribution in [-0.4, -0.2) is 12.3 Å². The highest BCUT2D eigenvalue weighted by molar-refractivity contribution is 14.2. The van der Waals surface area contributed by atoms with Crippen molar-refractivity contribution < 1.29 is 4.57 Å². The number of halogens is 1. The quantitative estimate of drug-likeness (QED) is 0.352. The van der Waals surface area contributed by atoms with Crippen LogP contribution in [0.25, 0.3) is 0 Å². The van der Waals surface area contributed by atoms with Gasteiger partial charge in [-0.25, -0.2) is 0 Å². The summed E-state index contributed by atoms with van der Waals surface area (Å²) in [5.74, 6) is 1.12. The molecule has 0 aliphatic carbocycles. The van der Waals surface area contributed by atoms with E-state index in [1.807, 2.05) is 0 Å². The highest BCUT2D eigenvalue weighted by atomic mass is 127. The van der Waals surface area contributed by atoms with Gasteiger partial charge in [0.15, 0.2) is 0 Å². The summed E-state index contributed by atoms with van der Waals surface area (Å²) < 4.78 is 12.8. The zero-order valence-corrected chi connectivity index (χ0v) is 17.3. The maximum Gasteiger partial charge on any atom is 0.143 e. The molecule has 2 unspecified atom stereocenters. The van der Waals surface area contributed by atoms with Crippen LogP contribution in [0.3, 0.4) is 0 Å². The molecule has 0 saturated heterocycles. The fourth-order valence-corrected chi connectivity index (χ4v) is 9.53. The van der Waals surface area contributed by atoms with E-state index >= 15 is 0 Å². The second-order valence-electron chi connectivity index (χ2n) is 8.89. The highest BCUT2D eigenvalue weighted by Gasteiger charge is 2.27. The van der Waals surface area contributed by atoms with Gasteiger partial charge in [-0.2, -0.15) is 0 Å². The van der Waals surface area contributed by atoms with Crippen molar-refractivity contribution in [2.24, 2.45) is 22.7 Å². The van der Waals surface area contributed by atoms with E-state index in [1.165, 1.54) is 0 Å². The number of hydrogen-bond donors (Lipinski definition) is 0. The molecule has 0 bridgehead atoms. The van der Waals surface area contributed by atoms with Gasteiger partial charge < -0.3 is 4.57 Å². The molecule has 0 rings (SSSR count). The lowest BCUT2D eigenvalue weighted by Crippen LogP contribution is -2.16. The van der Waals surface area contributed by atoms with Crippen molar-refractivity contribution in [1.29, 1.82) is 0 Å². The summed E-state index contributed by atoms with van der Waals surface area (Å²) in [6.07, 6.45) is 4.12. The monoisotopic (exact) mass is 400 g/mol. The van der Waals surface area contributed by atoms with Gasteiger partial charge in [0.2, 0.25) is 0 Å². The summed E-state index contributed by atoms with van der Waals surface area (Å²) >= 11 is 2.26. The molecule has 19 heavy (non-hydrogen) atoms. The van der Waals surface area contributed by atoms with E-state index in [9.17, 15) is 4.57 Å². The van der Waals surface area contributed by atoms with Crippen LogP contribution in [0.1, 0.15) is 68.2 Å². The van der Waals surface area contributed by atoms with E-state index in [0.29, 0.717) is 22.7 Å². The molecule has 3 heteroatoms. The van der Waals surface area contributed by atoms with Gasteiger partial charge in [0.1, 0.15) is 4.78 Å². The van der Waals surface area contributed by atoms with E-state index in [1.54, 1.807) is 0 Å². The van der Waals surface area contributed by atoms with E-state index in [0.717, 1.165) is 25.2 Å². The van der Waals surface area contributed by atoms with Crippen LogP contribution in [0.5, 0.6) is 0 Å². The van der Waals surface area contributed by atoms with Crippen molar-refractivity contribution in [3.05, 3.63) is 0 Å². The Hall–Kier alpha value is 0.960. The minimum absolute atomic E-state index is 0.340. The predicted octanol–water partition coefficient (Wildman–Crippen LogP) is 6.84. The van der Waals surface area contributed by atoms with Crippen molar-refractivity contribution in [3.8, 4) is 0 Å². The van der Waals surface area contributed by atoms with Crippen LogP contribution >= 0.6 is 26.8 Å². The Bertz CT molecular complexity index is 284. The lowest BCUT2D eigenvalue weighted by atomic mass is 9.86. The minimum Gasteiger partial charge on any atom is -0.313 e. The molecule has 0 radical (unpaired) electrons. The predicted molar refractivity (Wildman–Crippen MR) is 97.8 cm³/mol. The van der Waals surface area contributed by atoms with Gasteiger partial charge in [-0.05, 0) is 57.5 Å². The highest BCUT2D eigenvalue weighted by Crippen LogP contribution is 2.58. The summed E-state index contributed by atoms with van der Waals surface area (Å²) in [7, 11) is 0. The van der Waals surface area contributed by atoms with Gasteiger partial charge in [-0.15, -0.1) is 0 Å². The first kappa shape index (κ1) is 20.0. The smallest absolute Gasteiger partial charge is 0.143 e. The first-order chi connectivity index (χ1) is 8.20. The molecule has 0 spiro atoms. The summed E-state index contributed by atoms with van der Waals surface area (Å²) in [4.78, 5) is -2.01. The van der Waals surface area contributed by atoms with Gasteiger partial charge in [0, 0.05) is 12.3 Å². The van der Waals surface area contributed by atoms with Gasteiger partial charge in [-0.3, -0.25) is 0 Å². The van der Waals surface area contributed by atoms with Crippen LogP contribution in [-0.2, 0) is 4.57 Å². The van der Waals surface area contributed by atoms with Gasteiger partial charge in [0.25, 0.3) is 0 Å². The van der Waals surface area contributed by atoms with E-state index < -0.39 is 4.78 Å². The summed E-state index contributed by atoms with van der Waals surface area (Å²) in [5, 5.41) is 0. The molecule has 0 aromatic heterocycles. The normalized spacial score (nSPS) is 19.8. The summed E-state index contributed by atoms with van der Waals surface area (Å²) in [6.45, 7) is 18.1. The molecule has 0 fully saturated rings. The van der Waals surface area contributed by atoms with E-state index in [4.69, 9.17) is 0 Å². The van der Waals surface area contributed by atoms with Crippen LogP contribution in [0.15, 0.2) is 0 Å². The van der Waals surface area contributed by atoms with Crippen LogP contribution < -0.4 is 0 Å². The molecular weight excluding hydrogens is 366 g/mol. The van der Waals surface area contributed by atoms with Crippen LogP contribution in [0.2, 0.25) is 0 Å². The molecule has 116 valence electrons. The van der Waals surface area contributed by atoms with E-state index in [-0.39, 0.29) is 0 Å². The van der Waals surface area contributed by atoms with Crippen molar-refractivity contribution >= 4 is 26.8 Å². The molecule has 0 aromatic carbocycles. The molecule has 0 aliphatic heterocycles. The SMILES string of the molecule is CC(CC(C)(C)C)CP(=O)(I)CC(C)CC(C)(C)C. The summed E-state index contributed by atoms with van der Waals surface area (Å²) in [6, 6.07) is 0. The van der Waals surface area contributed by atoms with E-state index in [2.05, 4.69) is 77.4 Å². The average Bonchev–Trinajstić information content (AvgIpc) is 1.89. The summed E-state index contributed by atoms with van der Waals surface area (Å²) in [5.41, 5.74) is 0.681. The van der Waals surface area contributed by atoms with Crippen molar-refractivity contribution in [3.63, 3.8) is 0 Å². The Balaban J connectivity index is 4.36. The molecule has 1 nitrogen and oxygen atoms in total. The molecule has 0 heterocycles. The Labute approximate surface area is 134 Å². The Morgan fingerprint density at radius 3 is 1.32 bits per heavy atom. The fourth-order valence-electron chi connectivity index (χ4n) is 3.23. The second-order valence-corrected chi connectivity index (χ2v) is 16.5. The first-order valence-electron chi connectivity index (χ1n) is 7.48. The number of hydrogen-bond acceptors (Lipinski definition) is 1. The number of rotatable bonds is 6. The minimum atomic E-state index is -2.01. The third kappa shape index (κ3) is 12.4. The zero-order chi connectivity index (χ0) is 15.5. The third-order valence-electron chi connectivity index (χ3n) is 3.09. The Morgan fingerprint density at radius 2 is 1.11 bits per heavy atom. The second kappa shape index (κ2) is 7.29. The van der Waals surface area contributed by atoms with Crippen LogP contribution in [0.4, 0.5) is 0 Å².